The minimum absolute atomic E-state index is 0.335. The van der Waals surface area contributed by atoms with Crippen LogP contribution in [0.4, 0.5) is 0 Å². The van der Waals surface area contributed by atoms with Crippen molar-refractivity contribution in [2.45, 2.75) is 13.5 Å². The molecule has 18 heavy (non-hydrogen) atoms. The Kier molecular flexibility index (Phi) is 4.12. The van der Waals surface area contributed by atoms with E-state index in [1.54, 1.807) is 12.1 Å². The summed E-state index contributed by atoms with van der Waals surface area (Å²) in [6.07, 6.45) is 0. The molecule has 0 saturated heterocycles. The normalized spacial score (nSPS) is 10.4. The van der Waals surface area contributed by atoms with Gasteiger partial charge in [0.05, 0.1) is 0 Å². The second-order valence-electron chi connectivity index (χ2n) is 3.93. The third-order valence-corrected chi connectivity index (χ3v) is 3.42. The fraction of sp³-hybridized carbons (Fsp3) is 0.143. The number of rotatable bonds is 3. The van der Waals surface area contributed by atoms with Crippen LogP contribution in [0.2, 0.25) is 10.0 Å². The number of halogens is 2. The summed E-state index contributed by atoms with van der Waals surface area (Å²) < 4.78 is 5.79. The quantitative estimate of drug-likeness (QED) is 0.896. The molecule has 2 nitrogen and oxygen atoms in total. The molecule has 0 heterocycles. The van der Waals surface area contributed by atoms with Crippen LogP contribution in [0.1, 0.15) is 11.1 Å². The average molecular weight is 282 g/mol. The van der Waals surface area contributed by atoms with Gasteiger partial charge in [0.2, 0.25) is 0 Å². The first-order chi connectivity index (χ1) is 8.61. The molecule has 2 rings (SSSR count). The topological polar surface area (TPSA) is 35.2 Å². The molecule has 0 amide bonds. The van der Waals surface area contributed by atoms with E-state index in [9.17, 15) is 0 Å². The first-order valence-electron chi connectivity index (χ1n) is 5.53. The summed E-state index contributed by atoms with van der Waals surface area (Å²) in [5.74, 6) is 1.39. The Hall–Kier alpha value is -1.22. The van der Waals surface area contributed by atoms with Crippen molar-refractivity contribution < 1.29 is 4.74 Å². The summed E-state index contributed by atoms with van der Waals surface area (Å²) in [4.78, 5) is 0. The van der Waals surface area contributed by atoms with E-state index in [4.69, 9.17) is 33.7 Å². The van der Waals surface area contributed by atoms with Crippen LogP contribution in [0.25, 0.3) is 0 Å². The zero-order valence-electron chi connectivity index (χ0n) is 9.91. The molecular weight excluding hydrogens is 269 g/mol. The van der Waals surface area contributed by atoms with Crippen LogP contribution in [-0.2, 0) is 6.54 Å². The first-order valence-corrected chi connectivity index (χ1v) is 6.29. The van der Waals surface area contributed by atoms with E-state index in [-0.39, 0.29) is 0 Å². The van der Waals surface area contributed by atoms with Gasteiger partial charge in [0.25, 0.3) is 0 Å². The molecular formula is C14H13Cl2NO. The Morgan fingerprint density at radius 2 is 1.89 bits per heavy atom. The highest BCUT2D eigenvalue weighted by Gasteiger charge is 2.08. The van der Waals surface area contributed by atoms with Gasteiger partial charge in [-0.3, -0.25) is 0 Å². The molecule has 0 bridgehead atoms. The van der Waals surface area contributed by atoms with E-state index in [0.29, 0.717) is 28.1 Å². The predicted molar refractivity (Wildman–Crippen MR) is 75.6 cm³/mol. The van der Waals surface area contributed by atoms with Crippen LogP contribution < -0.4 is 10.5 Å². The van der Waals surface area contributed by atoms with Crippen molar-refractivity contribution in [3.8, 4) is 11.5 Å². The Morgan fingerprint density at radius 1 is 1.11 bits per heavy atom. The van der Waals surface area contributed by atoms with Crippen molar-refractivity contribution in [2.75, 3.05) is 0 Å². The Balaban J connectivity index is 2.34. The number of ether oxygens (including phenoxy) is 1. The van der Waals surface area contributed by atoms with Crippen LogP contribution in [-0.4, -0.2) is 0 Å². The third-order valence-electron chi connectivity index (χ3n) is 2.64. The van der Waals surface area contributed by atoms with Gasteiger partial charge in [-0.15, -0.1) is 0 Å². The van der Waals surface area contributed by atoms with Gasteiger partial charge >= 0.3 is 0 Å². The highest BCUT2D eigenvalue weighted by Crippen LogP contribution is 2.31. The summed E-state index contributed by atoms with van der Waals surface area (Å²) in [5, 5.41) is 1.33. The summed E-state index contributed by atoms with van der Waals surface area (Å²) in [6, 6.07) is 11.0. The van der Waals surface area contributed by atoms with E-state index in [1.807, 2.05) is 31.2 Å². The first kappa shape index (κ1) is 13.2. The molecule has 2 aromatic rings. The minimum Gasteiger partial charge on any atom is -0.457 e. The molecule has 94 valence electrons. The van der Waals surface area contributed by atoms with Gasteiger partial charge in [-0.1, -0.05) is 29.3 Å². The maximum atomic E-state index is 6.07. The highest BCUT2D eigenvalue weighted by atomic mass is 35.5. The molecule has 0 spiro atoms. The SMILES string of the molecule is Cc1cc(Oc2cccc(Cl)c2CN)ccc1Cl. The van der Waals surface area contributed by atoms with Crippen molar-refractivity contribution >= 4 is 23.2 Å². The van der Waals surface area contributed by atoms with Gasteiger partial charge in [0.1, 0.15) is 11.5 Å². The van der Waals surface area contributed by atoms with Gasteiger partial charge in [0.15, 0.2) is 0 Å². The highest BCUT2D eigenvalue weighted by molar-refractivity contribution is 6.31. The average Bonchev–Trinajstić information content (AvgIpc) is 2.34. The predicted octanol–water partition coefficient (Wildman–Crippen LogP) is 4.55. The molecule has 0 fully saturated rings. The molecule has 0 unspecified atom stereocenters. The van der Waals surface area contributed by atoms with Gasteiger partial charge in [-0.05, 0) is 42.8 Å². The van der Waals surface area contributed by atoms with Crippen molar-refractivity contribution in [1.82, 2.24) is 0 Å². The molecule has 2 aromatic carbocycles. The summed E-state index contributed by atoms with van der Waals surface area (Å²) >= 11 is 12.0. The Bertz CT molecular complexity index is 570. The van der Waals surface area contributed by atoms with Gasteiger partial charge in [-0.25, -0.2) is 0 Å². The van der Waals surface area contributed by atoms with Crippen LogP contribution in [0.5, 0.6) is 11.5 Å². The van der Waals surface area contributed by atoms with E-state index >= 15 is 0 Å². The molecule has 0 aliphatic rings. The van der Waals surface area contributed by atoms with Crippen molar-refractivity contribution in [3.63, 3.8) is 0 Å². The Morgan fingerprint density at radius 3 is 2.56 bits per heavy atom. The van der Waals surface area contributed by atoms with Crippen molar-refractivity contribution in [1.29, 1.82) is 0 Å². The van der Waals surface area contributed by atoms with Crippen LogP contribution in [0.15, 0.2) is 36.4 Å². The molecule has 0 aliphatic carbocycles. The lowest BCUT2D eigenvalue weighted by Gasteiger charge is -2.12. The van der Waals surface area contributed by atoms with Crippen LogP contribution in [0, 0.1) is 6.92 Å². The molecule has 0 radical (unpaired) electrons. The number of hydrogen-bond donors (Lipinski definition) is 1. The van der Waals surface area contributed by atoms with Crippen molar-refractivity contribution in [2.24, 2.45) is 5.73 Å². The van der Waals surface area contributed by atoms with Gasteiger partial charge in [0, 0.05) is 22.2 Å². The molecule has 0 atom stereocenters. The lowest BCUT2D eigenvalue weighted by molar-refractivity contribution is 0.476. The molecule has 0 aliphatic heterocycles. The zero-order chi connectivity index (χ0) is 13.1. The van der Waals surface area contributed by atoms with Gasteiger partial charge < -0.3 is 10.5 Å². The second kappa shape index (κ2) is 5.61. The molecule has 4 heteroatoms. The lowest BCUT2D eigenvalue weighted by Crippen LogP contribution is -2.00. The molecule has 2 N–H and O–H groups in total. The number of hydrogen-bond acceptors (Lipinski definition) is 2. The van der Waals surface area contributed by atoms with E-state index in [0.717, 1.165) is 11.1 Å². The Labute approximate surface area is 116 Å². The number of nitrogens with two attached hydrogens (primary N) is 1. The monoisotopic (exact) mass is 281 g/mol. The fourth-order valence-electron chi connectivity index (χ4n) is 1.64. The smallest absolute Gasteiger partial charge is 0.133 e. The molecule has 0 saturated carbocycles. The minimum atomic E-state index is 0.335. The second-order valence-corrected chi connectivity index (χ2v) is 4.75. The van der Waals surface area contributed by atoms with E-state index in [2.05, 4.69) is 0 Å². The summed E-state index contributed by atoms with van der Waals surface area (Å²) in [6.45, 7) is 2.26. The number of benzene rings is 2. The molecule has 0 aromatic heterocycles. The largest absolute Gasteiger partial charge is 0.457 e. The van der Waals surface area contributed by atoms with Gasteiger partial charge in [-0.2, -0.15) is 0 Å². The fourth-order valence-corrected chi connectivity index (χ4v) is 2.00. The number of aryl methyl sites for hydroxylation is 1. The van der Waals surface area contributed by atoms with E-state index < -0.39 is 0 Å². The zero-order valence-corrected chi connectivity index (χ0v) is 11.4. The third kappa shape index (κ3) is 2.78. The van der Waals surface area contributed by atoms with Crippen molar-refractivity contribution in [3.05, 3.63) is 57.6 Å². The van der Waals surface area contributed by atoms with Crippen LogP contribution >= 0.6 is 23.2 Å². The maximum absolute atomic E-state index is 6.07. The summed E-state index contributed by atoms with van der Waals surface area (Å²) in [5.41, 5.74) is 7.43. The standard InChI is InChI=1S/C14H13Cl2NO/c1-9-7-10(5-6-12(9)15)18-14-4-2-3-13(16)11(14)8-17/h2-7H,8,17H2,1H3. The van der Waals surface area contributed by atoms with E-state index in [1.165, 1.54) is 0 Å². The lowest BCUT2D eigenvalue weighted by atomic mass is 10.2. The summed E-state index contributed by atoms with van der Waals surface area (Å²) in [7, 11) is 0. The van der Waals surface area contributed by atoms with Crippen LogP contribution in [0.3, 0.4) is 0 Å². The maximum Gasteiger partial charge on any atom is 0.133 e.